The van der Waals surface area contributed by atoms with Gasteiger partial charge in [0, 0.05) is 11.6 Å². The molecule has 4 rings (SSSR count). The fourth-order valence-corrected chi connectivity index (χ4v) is 3.96. The smallest absolute Gasteiger partial charge is 0.419 e. The lowest BCUT2D eigenvalue weighted by molar-refractivity contribution is -0.148. The van der Waals surface area contributed by atoms with Gasteiger partial charge in [0.25, 0.3) is 0 Å². The summed E-state index contributed by atoms with van der Waals surface area (Å²) in [6.45, 7) is 3.64. The second kappa shape index (κ2) is 8.37. The molecular weight excluding hydrogens is 419 g/mol. The van der Waals surface area contributed by atoms with Gasteiger partial charge in [-0.25, -0.2) is 0 Å². The van der Waals surface area contributed by atoms with Crippen LogP contribution in [0.25, 0.3) is 0 Å². The number of aromatic nitrogens is 1. The Balaban J connectivity index is 1.40. The molecule has 1 aliphatic carbocycles. The summed E-state index contributed by atoms with van der Waals surface area (Å²) in [5.74, 6) is -1.40. The molecular formula is C25H24F3NO3. The Kier molecular flexibility index (Phi) is 5.75. The zero-order valence-corrected chi connectivity index (χ0v) is 17.8. The van der Waals surface area contributed by atoms with Crippen molar-refractivity contribution in [1.29, 1.82) is 0 Å². The number of H-pyrrole nitrogens is 1. The van der Waals surface area contributed by atoms with Crippen molar-refractivity contribution in [2.75, 3.05) is 0 Å². The largest absolute Gasteiger partial charge is 0.488 e. The summed E-state index contributed by atoms with van der Waals surface area (Å²) in [6.07, 6.45) is -2.73. The van der Waals surface area contributed by atoms with E-state index < -0.39 is 35.1 Å². The topological polar surface area (TPSA) is 51.3 Å². The van der Waals surface area contributed by atoms with Crippen LogP contribution >= 0.6 is 0 Å². The van der Waals surface area contributed by atoms with Crippen LogP contribution in [-0.4, -0.2) is 17.1 Å². The van der Waals surface area contributed by atoms with Crippen LogP contribution < -0.4 is 4.74 Å². The molecule has 0 saturated heterocycles. The van der Waals surface area contributed by atoms with Crippen molar-refractivity contribution in [3.8, 4) is 5.75 Å². The van der Waals surface area contributed by atoms with E-state index in [-0.39, 0.29) is 12.4 Å². The molecule has 0 radical (unpaired) electrons. The number of para-hydroxylation sites is 1. The van der Waals surface area contributed by atoms with E-state index in [1.54, 1.807) is 20.0 Å². The van der Waals surface area contributed by atoms with Gasteiger partial charge in [-0.15, -0.1) is 0 Å². The quantitative estimate of drug-likeness (QED) is 0.472. The van der Waals surface area contributed by atoms with Crippen LogP contribution in [0.5, 0.6) is 5.75 Å². The number of carbonyl (C=O) groups is 1. The van der Waals surface area contributed by atoms with Crippen LogP contribution in [0.2, 0.25) is 0 Å². The highest BCUT2D eigenvalue weighted by Crippen LogP contribution is 2.55. The first-order chi connectivity index (χ1) is 15.2. The lowest BCUT2D eigenvalue weighted by Gasteiger charge is -2.14. The summed E-state index contributed by atoms with van der Waals surface area (Å²) in [5.41, 5.74) is 1.47. The van der Waals surface area contributed by atoms with Gasteiger partial charge >= 0.3 is 12.1 Å². The number of hydrogen-bond donors (Lipinski definition) is 1. The van der Waals surface area contributed by atoms with Gasteiger partial charge in [0.15, 0.2) is 0 Å². The normalized spacial score (nSPS) is 19.4. The molecule has 1 aliphatic rings. The average Bonchev–Trinajstić information content (AvgIpc) is 3.06. The highest BCUT2D eigenvalue weighted by atomic mass is 19.4. The fourth-order valence-electron chi connectivity index (χ4n) is 3.96. The van der Waals surface area contributed by atoms with E-state index in [2.05, 4.69) is 4.98 Å². The first-order valence-electron chi connectivity index (χ1n) is 10.4. The lowest BCUT2D eigenvalue weighted by Crippen LogP contribution is -2.15. The maximum Gasteiger partial charge on any atom is 0.419 e. The minimum Gasteiger partial charge on any atom is -0.488 e. The van der Waals surface area contributed by atoms with Crippen LogP contribution in [0.15, 0.2) is 66.9 Å². The maximum absolute atomic E-state index is 13.3. The second-order valence-electron chi connectivity index (χ2n) is 8.58. The number of esters is 1. The fraction of sp³-hybridized carbons (Fsp3) is 0.320. The Hall–Kier alpha value is -3.22. The molecule has 0 amide bonds. The Morgan fingerprint density at radius 2 is 1.72 bits per heavy atom. The van der Waals surface area contributed by atoms with Gasteiger partial charge in [-0.3, -0.25) is 4.79 Å². The predicted molar refractivity (Wildman–Crippen MR) is 113 cm³/mol. The number of aromatic amines is 1. The summed E-state index contributed by atoms with van der Waals surface area (Å²) in [6, 6.07) is 16.9. The third-order valence-electron chi connectivity index (χ3n) is 5.95. The van der Waals surface area contributed by atoms with Crippen molar-refractivity contribution in [3.05, 3.63) is 89.2 Å². The summed E-state index contributed by atoms with van der Waals surface area (Å²) in [7, 11) is 0. The second-order valence-corrected chi connectivity index (χ2v) is 8.58. The molecule has 3 aromatic rings. The summed E-state index contributed by atoms with van der Waals surface area (Å²) in [4.78, 5) is 15.8. The number of alkyl halides is 3. The Labute approximate surface area is 184 Å². The minimum atomic E-state index is -4.53. The van der Waals surface area contributed by atoms with Crippen LogP contribution in [0.1, 0.15) is 36.2 Å². The summed E-state index contributed by atoms with van der Waals surface area (Å²) >= 11 is 0. The van der Waals surface area contributed by atoms with Crippen molar-refractivity contribution in [1.82, 2.24) is 4.98 Å². The van der Waals surface area contributed by atoms with E-state index in [4.69, 9.17) is 9.47 Å². The Bertz CT molecular complexity index is 1090. The Morgan fingerprint density at radius 3 is 2.44 bits per heavy atom. The molecule has 0 bridgehead atoms. The zero-order chi connectivity index (χ0) is 22.9. The van der Waals surface area contributed by atoms with Gasteiger partial charge in [-0.05, 0) is 35.7 Å². The summed E-state index contributed by atoms with van der Waals surface area (Å²) < 4.78 is 51.0. The van der Waals surface area contributed by atoms with Crippen molar-refractivity contribution in [3.63, 3.8) is 0 Å². The number of ether oxygens (including phenoxy) is 2. The first-order valence-corrected chi connectivity index (χ1v) is 10.4. The molecule has 1 fully saturated rings. The van der Waals surface area contributed by atoms with E-state index in [0.29, 0.717) is 6.42 Å². The molecule has 0 aliphatic heterocycles. The van der Waals surface area contributed by atoms with Crippen LogP contribution in [0.3, 0.4) is 0 Å². The first kappa shape index (κ1) is 22.0. The molecule has 2 atom stereocenters. The average molecular weight is 443 g/mol. The van der Waals surface area contributed by atoms with Gasteiger partial charge in [-0.2, -0.15) is 13.2 Å². The predicted octanol–water partition coefficient (Wildman–Crippen LogP) is 5.77. The van der Waals surface area contributed by atoms with Crippen LogP contribution in [0.4, 0.5) is 13.2 Å². The molecule has 2 aromatic carbocycles. The lowest BCUT2D eigenvalue weighted by atomic mass is 10.1. The van der Waals surface area contributed by atoms with Gasteiger partial charge in [-0.1, -0.05) is 56.3 Å². The number of halogens is 3. The zero-order valence-electron chi connectivity index (χ0n) is 17.8. The van der Waals surface area contributed by atoms with Gasteiger partial charge in [0.1, 0.15) is 24.4 Å². The minimum absolute atomic E-state index is 0.0619. The van der Waals surface area contributed by atoms with Crippen LogP contribution in [-0.2, 0) is 28.7 Å². The molecule has 1 N–H and O–H groups in total. The molecule has 1 aromatic heterocycles. The van der Waals surface area contributed by atoms with E-state index in [1.165, 1.54) is 18.2 Å². The van der Waals surface area contributed by atoms with E-state index in [9.17, 15) is 18.0 Å². The maximum atomic E-state index is 13.3. The Morgan fingerprint density at radius 1 is 1.03 bits per heavy atom. The molecule has 1 saturated carbocycles. The van der Waals surface area contributed by atoms with Crippen molar-refractivity contribution < 1.29 is 27.4 Å². The van der Waals surface area contributed by atoms with Crippen molar-refractivity contribution >= 4 is 5.97 Å². The highest BCUT2D eigenvalue weighted by molar-refractivity contribution is 5.78. The van der Waals surface area contributed by atoms with Gasteiger partial charge < -0.3 is 14.5 Å². The van der Waals surface area contributed by atoms with E-state index >= 15 is 0 Å². The van der Waals surface area contributed by atoms with E-state index in [0.717, 1.165) is 22.9 Å². The molecule has 0 spiro atoms. The number of hydrogen-bond acceptors (Lipinski definition) is 3. The highest BCUT2D eigenvalue weighted by Gasteiger charge is 2.65. The number of benzene rings is 2. The standard InChI is InChI=1S/C25H24F3NO3/c1-24(2)21(22(24)32-20-11-7-6-10-18(20)25(26,27)28)23(30)31-15-19-17(12-13-29-19)14-16-8-4-3-5-9-16/h3-13,21-22,29H,14-15H2,1-2H3. The van der Waals surface area contributed by atoms with Crippen molar-refractivity contribution in [2.24, 2.45) is 11.3 Å². The third kappa shape index (κ3) is 4.52. The summed E-state index contributed by atoms with van der Waals surface area (Å²) in [5, 5.41) is 0. The molecule has 4 nitrogen and oxygen atoms in total. The van der Waals surface area contributed by atoms with Gasteiger partial charge in [0.2, 0.25) is 0 Å². The van der Waals surface area contributed by atoms with Crippen LogP contribution in [0, 0.1) is 11.3 Å². The molecule has 2 unspecified atom stereocenters. The number of nitrogens with one attached hydrogen (secondary N) is 1. The number of rotatable bonds is 7. The number of carbonyl (C=O) groups excluding carboxylic acids is 1. The SMILES string of the molecule is CC1(C)C(Oc2ccccc2C(F)(F)F)C1C(=O)OCc1[nH]ccc1Cc1ccccc1. The molecule has 1 heterocycles. The third-order valence-corrected chi connectivity index (χ3v) is 5.95. The van der Waals surface area contributed by atoms with Crippen molar-refractivity contribution in [2.45, 2.75) is 39.2 Å². The molecule has 168 valence electrons. The van der Waals surface area contributed by atoms with Gasteiger partial charge in [0.05, 0.1) is 11.3 Å². The molecule has 7 heteroatoms. The van der Waals surface area contributed by atoms with E-state index in [1.807, 2.05) is 36.4 Å². The molecule has 32 heavy (non-hydrogen) atoms. The monoisotopic (exact) mass is 443 g/mol.